The van der Waals surface area contributed by atoms with Crippen molar-refractivity contribution in [1.29, 1.82) is 0 Å². The minimum absolute atomic E-state index is 0.115. The standard InChI is InChI=1S/C18H23N3O3/c22-13-3-5-14(6-4-13)24-18-15-2-1-7-19-16(15)12-17(20-18)21-8-10-23-11-9-21/h1-2,7,12-14,22H,3-6,8-11H2/t13-,14-. The second kappa shape index (κ2) is 6.91. The average Bonchev–Trinajstić information content (AvgIpc) is 2.64. The Bertz CT molecular complexity index is 695. The monoisotopic (exact) mass is 329 g/mol. The van der Waals surface area contributed by atoms with Gasteiger partial charge in [0.2, 0.25) is 5.88 Å². The van der Waals surface area contributed by atoms with Crippen molar-refractivity contribution in [3.05, 3.63) is 24.4 Å². The van der Waals surface area contributed by atoms with E-state index in [1.807, 2.05) is 18.2 Å². The van der Waals surface area contributed by atoms with Crippen LogP contribution in [-0.2, 0) is 4.74 Å². The molecule has 0 atom stereocenters. The van der Waals surface area contributed by atoms with Crippen LogP contribution in [0.25, 0.3) is 10.9 Å². The number of anilines is 1. The zero-order chi connectivity index (χ0) is 16.4. The summed E-state index contributed by atoms with van der Waals surface area (Å²) in [5.74, 6) is 1.55. The highest BCUT2D eigenvalue weighted by Gasteiger charge is 2.23. The Labute approximate surface area is 141 Å². The molecule has 2 aliphatic rings. The Hall–Kier alpha value is -1.92. The van der Waals surface area contributed by atoms with Crippen LogP contribution in [-0.4, -0.2) is 53.6 Å². The van der Waals surface area contributed by atoms with E-state index in [1.54, 1.807) is 6.20 Å². The van der Waals surface area contributed by atoms with Gasteiger partial charge in [-0.1, -0.05) is 0 Å². The Morgan fingerprint density at radius 3 is 2.75 bits per heavy atom. The maximum absolute atomic E-state index is 9.68. The van der Waals surface area contributed by atoms with Gasteiger partial charge in [-0.15, -0.1) is 0 Å². The molecule has 0 bridgehead atoms. The summed E-state index contributed by atoms with van der Waals surface area (Å²) >= 11 is 0. The molecule has 128 valence electrons. The number of pyridine rings is 2. The normalized spacial score (nSPS) is 25.0. The van der Waals surface area contributed by atoms with Crippen molar-refractivity contribution in [2.45, 2.75) is 37.9 Å². The summed E-state index contributed by atoms with van der Waals surface area (Å²) in [5, 5.41) is 10.6. The number of nitrogens with zero attached hydrogens (tertiary/aromatic N) is 3. The molecule has 4 rings (SSSR count). The number of aliphatic hydroxyl groups is 1. The number of ether oxygens (including phenoxy) is 2. The summed E-state index contributed by atoms with van der Waals surface area (Å²) in [7, 11) is 0. The molecule has 6 nitrogen and oxygen atoms in total. The molecule has 2 aromatic heterocycles. The fourth-order valence-electron chi connectivity index (χ4n) is 3.40. The number of hydrogen-bond acceptors (Lipinski definition) is 6. The molecule has 24 heavy (non-hydrogen) atoms. The minimum atomic E-state index is -0.184. The van der Waals surface area contributed by atoms with Crippen molar-refractivity contribution in [3.63, 3.8) is 0 Å². The molecule has 6 heteroatoms. The smallest absolute Gasteiger partial charge is 0.225 e. The third kappa shape index (κ3) is 3.30. The lowest BCUT2D eigenvalue weighted by molar-refractivity contribution is 0.0651. The fraction of sp³-hybridized carbons (Fsp3) is 0.556. The number of aromatic nitrogens is 2. The van der Waals surface area contributed by atoms with E-state index in [9.17, 15) is 5.11 Å². The van der Waals surface area contributed by atoms with Crippen molar-refractivity contribution >= 4 is 16.7 Å². The summed E-state index contributed by atoms with van der Waals surface area (Å²) in [6, 6.07) is 5.94. The molecule has 0 unspecified atom stereocenters. The fourth-order valence-corrected chi connectivity index (χ4v) is 3.40. The third-order valence-corrected chi connectivity index (χ3v) is 4.81. The van der Waals surface area contributed by atoms with E-state index in [-0.39, 0.29) is 12.2 Å². The third-order valence-electron chi connectivity index (χ3n) is 4.81. The topological polar surface area (TPSA) is 67.7 Å². The lowest BCUT2D eigenvalue weighted by Gasteiger charge is -2.29. The zero-order valence-electron chi connectivity index (χ0n) is 13.7. The summed E-state index contributed by atoms with van der Waals surface area (Å²) in [4.78, 5) is 11.5. The van der Waals surface area contributed by atoms with Crippen molar-refractivity contribution in [3.8, 4) is 5.88 Å². The predicted octanol–water partition coefficient (Wildman–Crippen LogP) is 2.15. The Morgan fingerprint density at radius 2 is 1.96 bits per heavy atom. The number of hydrogen-bond donors (Lipinski definition) is 1. The van der Waals surface area contributed by atoms with E-state index in [4.69, 9.17) is 14.5 Å². The van der Waals surface area contributed by atoms with E-state index in [0.29, 0.717) is 5.88 Å². The highest BCUT2D eigenvalue weighted by Crippen LogP contribution is 2.30. The molecule has 0 spiro atoms. The van der Waals surface area contributed by atoms with Crippen molar-refractivity contribution in [2.75, 3.05) is 31.2 Å². The lowest BCUT2D eigenvalue weighted by Crippen LogP contribution is -2.36. The molecule has 0 radical (unpaired) electrons. The lowest BCUT2D eigenvalue weighted by atomic mass is 9.95. The van der Waals surface area contributed by atoms with Gasteiger partial charge in [0.1, 0.15) is 11.9 Å². The van der Waals surface area contributed by atoms with Crippen molar-refractivity contribution < 1.29 is 14.6 Å². The molecular formula is C18H23N3O3. The number of morpholine rings is 1. The maximum Gasteiger partial charge on any atom is 0.225 e. The molecule has 0 amide bonds. The Balaban J connectivity index is 1.64. The van der Waals surface area contributed by atoms with Gasteiger partial charge in [0.15, 0.2) is 0 Å². The van der Waals surface area contributed by atoms with E-state index >= 15 is 0 Å². The highest BCUT2D eigenvalue weighted by molar-refractivity contribution is 5.85. The Morgan fingerprint density at radius 1 is 1.17 bits per heavy atom. The van der Waals surface area contributed by atoms with Crippen molar-refractivity contribution in [2.24, 2.45) is 0 Å². The number of aliphatic hydroxyl groups excluding tert-OH is 1. The van der Waals surface area contributed by atoms with E-state index in [2.05, 4.69) is 9.88 Å². The molecule has 1 saturated heterocycles. The van der Waals surface area contributed by atoms with Gasteiger partial charge in [0, 0.05) is 25.4 Å². The first kappa shape index (κ1) is 15.6. The predicted molar refractivity (Wildman–Crippen MR) is 91.5 cm³/mol. The first-order valence-corrected chi connectivity index (χ1v) is 8.73. The summed E-state index contributed by atoms with van der Waals surface area (Å²) in [6.45, 7) is 3.11. The molecule has 1 aliphatic heterocycles. The van der Waals surface area contributed by atoms with Crippen LogP contribution in [0.4, 0.5) is 5.82 Å². The van der Waals surface area contributed by atoms with E-state index in [1.165, 1.54) is 0 Å². The van der Waals surface area contributed by atoms with Crippen LogP contribution in [0.2, 0.25) is 0 Å². The summed E-state index contributed by atoms with van der Waals surface area (Å²) < 4.78 is 11.7. The highest BCUT2D eigenvalue weighted by atomic mass is 16.5. The van der Waals surface area contributed by atoms with Gasteiger partial charge in [-0.25, -0.2) is 0 Å². The van der Waals surface area contributed by atoms with Crippen molar-refractivity contribution in [1.82, 2.24) is 9.97 Å². The van der Waals surface area contributed by atoms with Crippen LogP contribution in [0.15, 0.2) is 24.4 Å². The van der Waals surface area contributed by atoms with Gasteiger partial charge in [-0.3, -0.25) is 4.98 Å². The molecule has 2 fully saturated rings. The largest absolute Gasteiger partial charge is 0.474 e. The molecular weight excluding hydrogens is 306 g/mol. The molecule has 1 N–H and O–H groups in total. The quantitative estimate of drug-likeness (QED) is 0.931. The molecule has 2 aromatic rings. The average molecular weight is 329 g/mol. The van der Waals surface area contributed by atoms with Crippen LogP contribution in [0.1, 0.15) is 25.7 Å². The molecule has 3 heterocycles. The van der Waals surface area contributed by atoms with Gasteiger partial charge in [-0.2, -0.15) is 4.98 Å². The van der Waals surface area contributed by atoms with Crippen LogP contribution in [0, 0.1) is 0 Å². The molecule has 0 aromatic carbocycles. The number of fused-ring (bicyclic) bond motifs is 1. The van der Waals surface area contributed by atoms with E-state index < -0.39 is 0 Å². The molecule has 1 saturated carbocycles. The van der Waals surface area contributed by atoms with Crippen LogP contribution >= 0.6 is 0 Å². The maximum atomic E-state index is 9.68. The zero-order valence-corrected chi connectivity index (χ0v) is 13.7. The van der Waals surface area contributed by atoms with Crippen LogP contribution < -0.4 is 9.64 Å². The van der Waals surface area contributed by atoms with Gasteiger partial charge in [-0.05, 0) is 37.8 Å². The first-order valence-electron chi connectivity index (χ1n) is 8.73. The first-order chi connectivity index (χ1) is 11.8. The minimum Gasteiger partial charge on any atom is -0.474 e. The molecule has 1 aliphatic carbocycles. The van der Waals surface area contributed by atoms with Crippen LogP contribution in [0.5, 0.6) is 5.88 Å². The van der Waals surface area contributed by atoms with E-state index in [0.717, 1.165) is 68.7 Å². The van der Waals surface area contributed by atoms with Gasteiger partial charge in [0.25, 0.3) is 0 Å². The van der Waals surface area contributed by atoms with Gasteiger partial charge in [0.05, 0.1) is 30.2 Å². The second-order valence-corrected chi connectivity index (χ2v) is 6.50. The SMILES string of the molecule is O[C@H]1CC[C@H](Oc2nc(N3CCOCC3)cc3ncccc23)CC1. The Kier molecular flexibility index (Phi) is 4.49. The second-order valence-electron chi connectivity index (χ2n) is 6.50. The van der Waals surface area contributed by atoms with Crippen LogP contribution in [0.3, 0.4) is 0 Å². The summed E-state index contributed by atoms with van der Waals surface area (Å²) in [6.07, 6.45) is 5.05. The van der Waals surface area contributed by atoms with Gasteiger partial charge < -0.3 is 19.5 Å². The summed E-state index contributed by atoms with van der Waals surface area (Å²) in [5.41, 5.74) is 0.903. The number of rotatable bonds is 3. The van der Waals surface area contributed by atoms with Gasteiger partial charge >= 0.3 is 0 Å².